The Labute approximate surface area is 404 Å². The standard InChI is InChI=1S/C52H59FN6O7S2/c1-34-47(67-33-55-34)36-9-7-35(8-10-36)31-54-50(62)43-6-5-21-59(43)51(63)49(52(2,3)4)56-45(61)32-64-28-26-57-22-24-58(25-23-57)27-29-65-40-16-18-41(19-17-40)66-46-42-20-15-39(60)30-44(42)68-48(46)37-11-13-38(53)14-12-37/h7-20,30,33,43,49,60H,5-6,21-29,31-32H2,1-4H3,(H,54,62)(H,56,61)/t43-,49?/m0/s1. The summed E-state index contributed by atoms with van der Waals surface area (Å²) in [6.07, 6.45) is 1.28. The molecule has 2 aliphatic heterocycles. The summed E-state index contributed by atoms with van der Waals surface area (Å²) in [5, 5.41) is 16.9. The summed E-state index contributed by atoms with van der Waals surface area (Å²) in [7, 11) is 0. The lowest BCUT2D eigenvalue weighted by molar-refractivity contribution is -0.144. The molecule has 0 radical (unpaired) electrons. The van der Waals surface area contributed by atoms with Gasteiger partial charge in [-0.3, -0.25) is 24.2 Å². The molecular weight excluding hydrogens is 904 g/mol. The van der Waals surface area contributed by atoms with Crippen LogP contribution in [0.3, 0.4) is 0 Å². The molecular formula is C52H59FN6O7S2. The maximum absolute atomic E-state index is 14.0. The number of carbonyl (C=O) groups is 3. The highest BCUT2D eigenvalue weighted by Crippen LogP contribution is 2.47. The fourth-order valence-electron chi connectivity index (χ4n) is 8.54. The number of nitrogens with zero attached hydrogens (tertiary/aromatic N) is 4. The fraction of sp³-hybridized carbons (Fsp3) is 0.385. The fourth-order valence-corrected chi connectivity index (χ4v) is 10.5. The number of hydrogen-bond donors (Lipinski definition) is 3. The molecule has 4 heterocycles. The third kappa shape index (κ3) is 12.2. The molecule has 2 atom stereocenters. The van der Waals surface area contributed by atoms with Gasteiger partial charge in [0.25, 0.3) is 0 Å². The number of likely N-dealkylation sites (tertiary alicyclic amines) is 1. The lowest BCUT2D eigenvalue weighted by Gasteiger charge is -2.35. The lowest BCUT2D eigenvalue weighted by atomic mass is 9.85. The molecule has 0 spiro atoms. The number of benzene rings is 4. The molecule has 1 unspecified atom stereocenters. The van der Waals surface area contributed by atoms with E-state index in [0.29, 0.717) is 57.2 Å². The summed E-state index contributed by atoms with van der Waals surface area (Å²) < 4.78 is 32.9. The molecule has 6 aromatic rings. The first-order valence-corrected chi connectivity index (χ1v) is 24.8. The highest BCUT2D eigenvalue weighted by atomic mass is 32.1. The van der Waals surface area contributed by atoms with Gasteiger partial charge in [0.2, 0.25) is 17.7 Å². The van der Waals surface area contributed by atoms with Crippen molar-refractivity contribution in [2.24, 2.45) is 5.41 Å². The number of aromatic nitrogens is 1. The zero-order chi connectivity index (χ0) is 47.8. The van der Waals surface area contributed by atoms with E-state index in [0.717, 1.165) is 80.7 Å². The third-order valence-corrected chi connectivity index (χ3v) is 14.6. The average Bonchev–Trinajstić information content (AvgIpc) is 4.09. The van der Waals surface area contributed by atoms with Crippen LogP contribution in [0.2, 0.25) is 0 Å². The minimum atomic E-state index is -0.821. The molecule has 2 aromatic heterocycles. The first kappa shape index (κ1) is 48.5. The van der Waals surface area contributed by atoms with Crippen molar-refractivity contribution in [2.45, 2.75) is 59.2 Å². The van der Waals surface area contributed by atoms with Crippen molar-refractivity contribution >= 4 is 50.5 Å². The van der Waals surface area contributed by atoms with Gasteiger partial charge in [-0.15, -0.1) is 22.7 Å². The summed E-state index contributed by atoms with van der Waals surface area (Å²) in [6.45, 7) is 14.2. The molecule has 2 saturated heterocycles. The Bertz CT molecular complexity index is 2660. The monoisotopic (exact) mass is 962 g/mol. The topological polar surface area (TPSA) is 146 Å². The van der Waals surface area contributed by atoms with Gasteiger partial charge in [-0.2, -0.15) is 0 Å². The maximum atomic E-state index is 14.0. The van der Waals surface area contributed by atoms with Gasteiger partial charge in [-0.25, -0.2) is 9.37 Å². The van der Waals surface area contributed by atoms with Crippen molar-refractivity contribution in [3.8, 4) is 43.9 Å². The van der Waals surface area contributed by atoms with Crippen LogP contribution in [0, 0.1) is 18.2 Å². The van der Waals surface area contributed by atoms with Crippen LogP contribution < -0.4 is 20.1 Å². The molecule has 4 aromatic carbocycles. The van der Waals surface area contributed by atoms with E-state index in [9.17, 15) is 23.9 Å². The second kappa shape index (κ2) is 22.0. The van der Waals surface area contributed by atoms with Gasteiger partial charge >= 0.3 is 0 Å². The van der Waals surface area contributed by atoms with Crippen LogP contribution in [0.5, 0.6) is 23.0 Å². The molecule has 0 saturated carbocycles. The number of fused-ring (bicyclic) bond motifs is 1. The van der Waals surface area contributed by atoms with Crippen LogP contribution in [0.25, 0.3) is 31.0 Å². The molecule has 16 heteroatoms. The van der Waals surface area contributed by atoms with Crippen molar-refractivity contribution in [2.75, 3.05) is 65.6 Å². The SMILES string of the molecule is Cc1ncsc1-c1ccc(CNC(=O)[C@@H]2CCCN2C(=O)C(NC(=O)COCCN2CCN(CCOc3ccc(Oc4c(-c5ccc(F)cc5)sc5cc(O)ccc45)cc3)CC2)C(C)(C)C)cc1. The number of thiophene rings is 1. The van der Waals surface area contributed by atoms with E-state index >= 15 is 0 Å². The minimum absolute atomic E-state index is 0.164. The number of thiazole rings is 1. The Balaban J connectivity index is 0.726. The van der Waals surface area contributed by atoms with Crippen LogP contribution in [0.15, 0.2) is 96.5 Å². The largest absolute Gasteiger partial charge is 0.508 e. The molecule has 358 valence electrons. The second-order valence-electron chi connectivity index (χ2n) is 18.3. The zero-order valence-corrected chi connectivity index (χ0v) is 40.6. The van der Waals surface area contributed by atoms with Gasteiger partial charge < -0.3 is 34.9 Å². The highest BCUT2D eigenvalue weighted by molar-refractivity contribution is 7.22. The molecule has 68 heavy (non-hydrogen) atoms. The molecule has 8 rings (SSSR count). The number of rotatable bonds is 18. The molecule has 0 aliphatic carbocycles. The Morgan fingerprint density at radius 2 is 1.51 bits per heavy atom. The first-order valence-electron chi connectivity index (χ1n) is 23.1. The van der Waals surface area contributed by atoms with Crippen molar-refractivity contribution in [3.63, 3.8) is 0 Å². The minimum Gasteiger partial charge on any atom is -0.508 e. The van der Waals surface area contributed by atoms with Crippen LogP contribution >= 0.6 is 22.7 Å². The quantitative estimate of drug-likeness (QED) is 0.0718. The first-order chi connectivity index (χ1) is 32.8. The van der Waals surface area contributed by atoms with Crippen molar-refractivity contribution in [1.29, 1.82) is 0 Å². The molecule has 13 nitrogen and oxygen atoms in total. The Morgan fingerprint density at radius 1 is 0.853 bits per heavy atom. The van der Waals surface area contributed by atoms with E-state index in [4.69, 9.17) is 14.2 Å². The summed E-state index contributed by atoms with van der Waals surface area (Å²) in [4.78, 5) is 53.2. The van der Waals surface area contributed by atoms with Crippen molar-refractivity contribution in [3.05, 3.63) is 114 Å². The number of amides is 3. The van der Waals surface area contributed by atoms with E-state index < -0.39 is 17.5 Å². The smallest absolute Gasteiger partial charge is 0.246 e. The molecule has 2 fully saturated rings. The molecule has 2 aliphatic rings. The number of aryl methyl sites for hydroxylation is 1. The highest BCUT2D eigenvalue weighted by Gasteiger charge is 2.42. The third-order valence-electron chi connectivity index (χ3n) is 12.4. The van der Waals surface area contributed by atoms with Crippen molar-refractivity contribution < 1.29 is 38.1 Å². The van der Waals surface area contributed by atoms with E-state index in [2.05, 4.69) is 25.4 Å². The van der Waals surface area contributed by atoms with Gasteiger partial charge in [-0.05, 0) is 96.5 Å². The summed E-state index contributed by atoms with van der Waals surface area (Å²) in [5.74, 6) is 1.04. The number of nitrogens with one attached hydrogen (secondary N) is 2. The van der Waals surface area contributed by atoms with Gasteiger partial charge in [0.1, 0.15) is 48.4 Å². The van der Waals surface area contributed by atoms with Gasteiger partial charge in [0, 0.05) is 62.4 Å². The molecule has 0 bridgehead atoms. The lowest BCUT2D eigenvalue weighted by Crippen LogP contribution is -2.58. The number of phenolic OH excluding ortho intramolecular Hbond substituents is 1. The number of ether oxygens (including phenoxy) is 3. The van der Waals surface area contributed by atoms with Crippen LogP contribution in [-0.2, 0) is 25.7 Å². The number of halogens is 1. The summed E-state index contributed by atoms with van der Waals surface area (Å²) in [5.41, 5.74) is 5.11. The Hall–Kier alpha value is -5.91. The van der Waals surface area contributed by atoms with E-state index in [1.54, 1.807) is 40.5 Å². The van der Waals surface area contributed by atoms with E-state index in [1.165, 1.54) is 23.5 Å². The summed E-state index contributed by atoms with van der Waals surface area (Å²) >= 11 is 3.08. The van der Waals surface area contributed by atoms with Crippen LogP contribution in [0.1, 0.15) is 44.9 Å². The average molecular weight is 963 g/mol. The predicted molar refractivity (Wildman–Crippen MR) is 265 cm³/mol. The van der Waals surface area contributed by atoms with Gasteiger partial charge in [0.15, 0.2) is 5.75 Å². The Morgan fingerprint density at radius 3 is 2.19 bits per heavy atom. The number of hydrogen-bond acceptors (Lipinski definition) is 12. The predicted octanol–water partition coefficient (Wildman–Crippen LogP) is 8.49. The number of phenols is 1. The Kier molecular flexibility index (Phi) is 15.7. The van der Waals surface area contributed by atoms with Crippen molar-refractivity contribution in [1.82, 2.24) is 30.3 Å². The van der Waals surface area contributed by atoms with E-state index in [1.807, 2.05) is 87.8 Å². The second-order valence-corrected chi connectivity index (χ2v) is 20.3. The van der Waals surface area contributed by atoms with Gasteiger partial charge in [0.05, 0.1) is 27.6 Å². The normalized spacial score (nSPS) is 16.2. The van der Waals surface area contributed by atoms with Crippen LogP contribution in [-0.4, -0.2) is 120 Å². The van der Waals surface area contributed by atoms with Gasteiger partial charge in [-0.1, -0.05) is 57.2 Å². The number of aromatic hydroxyl groups is 1. The maximum Gasteiger partial charge on any atom is 0.246 e. The number of piperazine rings is 1. The molecule has 3 amide bonds. The zero-order valence-electron chi connectivity index (χ0n) is 39.0. The molecule has 3 N–H and O–H groups in total. The summed E-state index contributed by atoms with van der Waals surface area (Å²) in [6, 6.07) is 25.6. The number of carbonyl (C=O) groups excluding carboxylic acids is 3. The van der Waals surface area contributed by atoms with Crippen LogP contribution in [0.4, 0.5) is 4.39 Å². The van der Waals surface area contributed by atoms with E-state index in [-0.39, 0.29) is 35.9 Å².